The van der Waals surface area contributed by atoms with Gasteiger partial charge in [-0.25, -0.2) is 0 Å². The first-order chi connectivity index (χ1) is 6.74. The van der Waals surface area contributed by atoms with Crippen molar-refractivity contribution in [3.8, 4) is 5.75 Å². The molecule has 0 amide bonds. The van der Waals surface area contributed by atoms with Crippen molar-refractivity contribution in [2.24, 2.45) is 0 Å². The maximum Gasteiger partial charge on any atom is 0.534 e. The molecule has 0 N–H and O–H groups in total. The summed E-state index contributed by atoms with van der Waals surface area (Å²) in [5, 5.41) is 0. The molecule has 0 atom stereocenters. The molecule has 0 aliphatic heterocycles. The average Bonchev–Trinajstić information content (AvgIpc) is 2.06. The van der Waals surface area contributed by atoms with Gasteiger partial charge in [-0.3, -0.25) is 4.79 Å². The maximum absolute atomic E-state index is 11.8. The number of hydrogen-bond acceptors (Lipinski definition) is 5. The zero-order valence-electron chi connectivity index (χ0n) is 6.82. The van der Waals surface area contributed by atoms with Crippen molar-refractivity contribution in [1.82, 2.24) is 0 Å². The van der Waals surface area contributed by atoms with Crippen molar-refractivity contribution >= 4 is 10.1 Å². The summed E-state index contributed by atoms with van der Waals surface area (Å²) < 4.78 is 64.1. The van der Waals surface area contributed by atoms with Crippen molar-refractivity contribution in [1.29, 1.82) is 0 Å². The van der Waals surface area contributed by atoms with Crippen LogP contribution in [0.2, 0.25) is 0 Å². The highest BCUT2D eigenvalue weighted by atomic mass is 32.2. The number of halogens is 3. The van der Waals surface area contributed by atoms with Gasteiger partial charge in [0.25, 0.3) is 0 Å². The highest BCUT2D eigenvalue weighted by molar-refractivity contribution is 7.87. The fourth-order valence-corrected chi connectivity index (χ4v) is 1.02. The van der Waals surface area contributed by atoms with Crippen LogP contribution in [0.15, 0.2) is 27.8 Å². The van der Waals surface area contributed by atoms with Gasteiger partial charge in [0, 0.05) is 6.07 Å². The first kappa shape index (κ1) is 11.6. The van der Waals surface area contributed by atoms with Crippen LogP contribution in [0.4, 0.5) is 13.2 Å². The molecule has 1 aromatic rings. The van der Waals surface area contributed by atoms with Crippen LogP contribution in [0.3, 0.4) is 0 Å². The minimum absolute atomic E-state index is 0.464. The SMILES string of the molecule is O=c1ccocc1OS(=O)(=O)C(F)(F)F. The second kappa shape index (κ2) is 3.57. The molecule has 84 valence electrons. The molecule has 1 rings (SSSR count). The summed E-state index contributed by atoms with van der Waals surface area (Å²) in [4.78, 5) is 10.8. The van der Waals surface area contributed by atoms with Gasteiger partial charge in [0.1, 0.15) is 6.26 Å². The lowest BCUT2D eigenvalue weighted by Crippen LogP contribution is -2.29. The maximum atomic E-state index is 11.8. The molecule has 9 heteroatoms. The largest absolute Gasteiger partial charge is 0.534 e. The van der Waals surface area contributed by atoms with Gasteiger partial charge in [-0.15, -0.1) is 0 Å². The van der Waals surface area contributed by atoms with Crippen LogP contribution < -0.4 is 9.61 Å². The van der Waals surface area contributed by atoms with E-state index in [-0.39, 0.29) is 0 Å². The highest BCUT2D eigenvalue weighted by Crippen LogP contribution is 2.25. The molecule has 0 spiro atoms. The topological polar surface area (TPSA) is 73.6 Å². The third-order valence-corrected chi connectivity index (χ3v) is 2.16. The molecular formula is C6H3F3O5S. The van der Waals surface area contributed by atoms with Gasteiger partial charge in [0.2, 0.25) is 11.2 Å². The van der Waals surface area contributed by atoms with Gasteiger partial charge in [-0.05, 0) is 0 Å². The lowest BCUT2D eigenvalue weighted by Gasteiger charge is -2.07. The zero-order chi connectivity index (χ0) is 11.7. The van der Waals surface area contributed by atoms with Crippen LogP contribution in [0.5, 0.6) is 5.75 Å². The quantitative estimate of drug-likeness (QED) is 0.570. The normalized spacial score (nSPS) is 12.5. The van der Waals surface area contributed by atoms with Crippen molar-refractivity contribution in [3.05, 3.63) is 28.8 Å². The van der Waals surface area contributed by atoms with Gasteiger partial charge in [0.15, 0.2) is 0 Å². The molecule has 15 heavy (non-hydrogen) atoms. The van der Waals surface area contributed by atoms with E-state index in [1.165, 1.54) is 0 Å². The Balaban J connectivity index is 3.09. The number of hydrogen-bond donors (Lipinski definition) is 0. The van der Waals surface area contributed by atoms with Gasteiger partial charge < -0.3 is 8.60 Å². The minimum Gasteiger partial charge on any atom is -0.468 e. The van der Waals surface area contributed by atoms with E-state index in [4.69, 9.17) is 0 Å². The van der Waals surface area contributed by atoms with E-state index in [0.29, 0.717) is 6.26 Å². The van der Waals surface area contributed by atoms with Crippen LogP contribution in [-0.2, 0) is 10.1 Å². The van der Waals surface area contributed by atoms with Gasteiger partial charge in [-0.2, -0.15) is 21.6 Å². The van der Waals surface area contributed by atoms with E-state index >= 15 is 0 Å². The molecule has 1 heterocycles. The summed E-state index contributed by atoms with van der Waals surface area (Å²) >= 11 is 0. The molecule has 0 saturated heterocycles. The van der Waals surface area contributed by atoms with E-state index in [2.05, 4.69) is 8.60 Å². The van der Waals surface area contributed by atoms with E-state index < -0.39 is 26.8 Å². The molecule has 0 bridgehead atoms. The van der Waals surface area contributed by atoms with Crippen LogP contribution in [-0.4, -0.2) is 13.9 Å². The Kier molecular flexibility index (Phi) is 2.75. The number of alkyl halides is 3. The Hall–Kier alpha value is -1.51. The molecule has 0 fully saturated rings. The first-order valence-electron chi connectivity index (χ1n) is 3.31. The van der Waals surface area contributed by atoms with Crippen LogP contribution in [0.1, 0.15) is 0 Å². The summed E-state index contributed by atoms with van der Waals surface area (Å²) in [7, 11) is -5.83. The van der Waals surface area contributed by atoms with E-state index in [1.54, 1.807) is 0 Å². The van der Waals surface area contributed by atoms with Crippen molar-refractivity contribution in [2.45, 2.75) is 5.51 Å². The molecule has 1 aromatic heterocycles. The molecular weight excluding hydrogens is 241 g/mol. The average molecular weight is 244 g/mol. The Morgan fingerprint density at radius 2 is 1.93 bits per heavy atom. The Bertz CT molecular complexity index is 500. The second-order valence-electron chi connectivity index (χ2n) is 2.27. The summed E-state index contributed by atoms with van der Waals surface area (Å²) in [5.41, 5.74) is -6.62. The van der Waals surface area contributed by atoms with Gasteiger partial charge in [-0.1, -0.05) is 0 Å². The number of rotatable bonds is 2. The Labute approximate surface area is 81.2 Å². The fourth-order valence-electron chi connectivity index (χ4n) is 0.569. The first-order valence-corrected chi connectivity index (χ1v) is 4.72. The standard InChI is InChI=1S/C6H3F3O5S/c7-6(8,9)15(11,12)14-5-3-13-2-1-4(5)10/h1-3H. The lowest BCUT2D eigenvalue weighted by atomic mass is 10.5. The van der Waals surface area contributed by atoms with E-state index in [9.17, 15) is 26.4 Å². The Morgan fingerprint density at radius 1 is 1.33 bits per heavy atom. The monoisotopic (exact) mass is 244 g/mol. The highest BCUT2D eigenvalue weighted by Gasteiger charge is 2.48. The summed E-state index contributed by atoms with van der Waals surface area (Å²) in [6.45, 7) is 0. The third-order valence-electron chi connectivity index (χ3n) is 1.20. The van der Waals surface area contributed by atoms with E-state index in [0.717, 1.165) is 12.3 Å². The molecule has 0 unspecified atom stereocenters. The van der Waals surface area contributed by atoms with Crippen LogP contribution in [0, 0.1) is 0 Å². The van der Waals surface area contributed by atoms with Crippen LogP contribution >= 0.6 is 0 Å². The molecule has 5 nitrogen and oxygen atoms in total. The van der Waals surface area contributed by atoms with Crippen molar-refractivity contribution < 1.29 is 30.2 Å². The Morgan fingerprint density at radius 3 is 2.40 bits per heavy atom. The van der Waals surface area contributed by atoms with Gasteiger partial charge in [0.05, 0.1) is 6.26 Å². The lowest BCUT2D eigenvalue weighted by molar-refractivity contribution is -0.0500. The smallest absolute Gasteiger partial charge is 0.468 e. The summed E-state index contributed by atoms with van der Waals surface area (Å²) in [6, 6.07) is 0.723. The molecule has 0 radical (unpaired) electrons. The third kappa shape index (κ3) is 2.49. The second-order valence-corrected chi connectivity index (χ2v) is 3.81. The van der Waals surface area contributed by atoms with Crippen molar-refractivity contribution in [3.63, 3.8) is 0 Å². The van der Waals surface area contributed by atoms with Crippen molar-refractivity contribution in [2.75, 3.05) is 0 Å². The summed E-state index contributed by atoms with van der Waals surface area (Å²) in [5.74, 6) is -1.05. The summed E-state index contributed by atoms with van der Waals surface area (Å²) in [6.07, 6.45) is 1.33. The van der Waals surface area contributed by atoms with Crippen LogP contribution in [0.25, 0.3) is 0 Å². The molecule has 0 aromatic carbocycles. The predicted octanol–water partition coefficient (Wildman–Crippen LogP) is 0.868. The molecule has 0 saturated carbocycles. The zero-order valence-corrected chi connectivity index (χ0v) is 7.63. The predicted molar refractivity (Wildman–Crippen MR) is 40.6 cm³/mol. The fraction of sp³-hybridized carbons (Fsp3) is 0.167. The molecule has 0 aliphatic carbocycles. The minimum atomic E-state index is -5.83. The van der Waals surface area contributed by atoms with Gasteiger partial charge >= 0.3 is 15.6 Å². The van der Waals surface area contributed by atoms with E-state index in [1.807, 2.05) is 0 Å². The molecule has 0 aliphatic rings.